The second-order valence-corrected chi connectivity index (χ2v) is 5.80. The van der Waals surface area contributed by atoms with Gasteiger partial charge < -0.3 is 10.2 Å². The van der Waals surface area contributed by atoms with Gasteiger partial charge in [0.05, 0.1) is 0 Å². The molecule has 0 spiro atoms. The summed E-state index contributed by atoms with van der Waals surface area (Å²) in [5.74, 6) is 0. The highest BCUT2D eigenvalue weighted by Crippen LogP contribution is 2.32. The van der Waals surface area contributed by atoms with Gasteiger partial charge in [0.1, 0.15) is 0 Å². The number of fused-ring (bicyclic) bond motifs is 2. The van der Waals surface area contributed by atoms with Crippen molar-refractivity contribution in [2.75, 3.05) is 26.2 Å². The van der Waals surface area contributed by atoms with Gasteiger partial charge in [0, 0.05) is 37.4 Å². The minimum absolute atomic E-state index is 1.03. The van der Waals surface area contributed by atoms with Gasteiger partial charge in [-0.15, -0.1) is 0 Å². The minimum Gasteiger partial charge on any atom is -0.368 e. The Balaban J connectivity index is 1.87. The number of nitrogens with zero attached hydrogens (tertiary/aromatic N) is 1. The molecule has 2 heteroatoms. The molecule has 0 radical (unpaired) electrons. The molecule has 1 heterocycles. The fourth-order valence-electron chi connectivity index (χ4n) is 3.36. The Morgan fingerprint density at radius 3 is 2.38 bits per heavy atom. The summed E-state index contributed by atoms with van der Waals surface area (Å²) in [5, 5.41) is 3.44. The van der Waals surface area contributed by atoms with Gasteiger partial charge in [-0.3, -0.25) is 0 Å². The molecule has 1 N–H and O–H groups in total. The SMILES string of the molecule is C1=C(N2CCNCC2)c2ccccc2Cc2ccccc21. The molecule has 1 aliphatic carbocycles. The van der Waals surface area contributed by atoms with E-state index in [9.17, 15) is 0 Å². The fraction of sp³-hybridized carbons (Fsp3) is 0.263. The van der Waals surface area contributed by atoms with Crippen LogP contribution in [-0.2, 0) is 6.42 Å². The van der Waals surface area contributed by atoms with Crippen molar-refractivity contribution in [1.82, 2.24) is 10.2 Å². The lowest BCUT2D eigenvalue weighted by molar-refractivity contribution is 0.342. The molecular formula is C19H20N2. The van der Waals surface area contributed by atoms with Crippen molar-refractivity contribution in [1.29, 1.82) is 0 Å². The number of hydrogen-bond donors (Lipinski definition) is 1. The molecule has 21 heavy (non-hydrogen) atoms. The van der Waals surface area contributed by atoms with Crippen LogP contribution in [0.2, 0.25) is 0 Å². The Hall–Kier alpha value is -2.06. The van der Waals surface area contributed by atoms with Crippen LogP contribution >= 0.6 is 0 Å². The van der Waals surface area contributed by atoms with Gasteiger partial charge in [-0.25, -0.2) is 0 Å². The molecule has 0 saturated carbocycles. The van der Waals surface area contributed by atoms with Crippen molar-refractivity contribution in [3.63, 3.8) is 0 Å². The highest BCUT2D eigenvalue weighted by atomic mass is 15.2. The first-order valence-corrected chi connectivity index (χ1v) is 7.75. The van der Waals surface area contributed by atoms with Gasteiger partial charge in [0.2, 0.25) is 0 Å². The molecule has 4 rings (SSSR count). The maximum absolute atomic E-state index is 3.44. The van der Waals surface area contributed by atoms with E-state index in [2.05, 4.69) is 64.8 Å². The third-order valence-corrected chi connectivity index (χ3v) is 4.48. The summed E-state index contributed by atoms with van der Waals surface area (Å²) in [5.41, 5.74) is 7.01. The van der Waals surface area contributed by atoms with E-state index < -0.39 is 0 Å². The Labute approximate surface area is 126 Å². The topological polar surface area (TPSA) is 15.3 Å². The Morgan fingerprint density at radius 2 is 1.52 bits per heavy atom. The predicted molar refractivity (Wildman–Crippen MR) is 88.0 cm³/mol. The zero-order valence-corrected chi connectivity index (χ0v) is 12.2. The van der Waals surface area contributed by atoms with Crippen LogP contribution in [-0.4, -0.2) is 31.1 Å². The van der Waals surface area contributed by atoms with Crippen molar-refractivity contribution in [2.24, 2.45) is 0 Å². The maximum Gasteiger partial charge on any atom is 0.0449 e. The molecule has 2 nitrogen and oxygen atoms in total. The molecule has 2 aromatic carbocycles. The van der Waals surface area contributed by atoms with Crippen molar-refractivity contribution in [2.45, 2.75) is 6.42 Å². The van der Waals surface area contributed by atoms with Crippen LogP contribution in [0.5, 0.6) is 0 Å². The number of piperazine rings is 1. The molecule has 1 saturated heterocycles. The third kappa shape index (κ3) is 2.36. The number of benzene rings is 2. The summed E-state index contributed by atoms with van der Waals surface area (Å²) in [7, 11) is 0. The molecule has 0 aromatic heterocycles. The van der Waals surface area contributed by atoms with Crippen molar-refractivity contribution in [3.05, 3.63) is 70.8 Å². The zero-order valence-electron chi connectivity index (χ0n) is 12.2. The monoisotopic (exact) mass is 276 g/mol. The molecular weight excluding hydrogens is 256 g/mol. The summed E-state index contributed by atoms with van der Waals surface area (Å²) in [6.45, 7) is 4.31. The fourth-order valence-corrected chi connectivity index (χ4v) is 3.36. The first-order valence-electron chi connectivity index (χ1n) is 7.75. The lowest BCUT2D eigenvalue weighted by atomic mass is 9.99. The highest BCUT2D eigenvalue weighted by molar-refractivity contribution is 5.84. The molecule has 2 aliphatic rings. The zero-order chi connectivity index (χ0) is 14.1. The largest absolute Gasteiger partial charge is 0.368 e. The second kappa shape index (κ2) is 5.38. The molecule has 0 amide bonds. The Kier molecular flexibility index (Phi) is 3.24. The van der Waals surface area contributed by atoms with Crippen LogP contribution < -0.4 is 5.32 Å². The number of hydrogen-bond acceptors (Lipinski definition) is 2. The quantitative estimate of drug-likeness (QED) is 0.861. The van der Waals surface area contributed by atoms with E-state index in [0.29, 0.717) is 0 Å². The standard InChI is InChI=1S/C19H20N2/c1-2-6-16-14-19(21-11-9-20-10-12-21)18-8-4-3-7-17(18)13-15(16)5-1/h1-8,14,20H,9-13H2. The first-order chi connectivity index (χ1) is 10.4. The summed E-state index contributed by atoms with van der Waals surface area (Å²) in [4.78, 5) is 2.53. The van der Waals surface area contributed by atoms with Gasteiger partial charge in [-0.05, 0) is 29.2 Å². The van der Waals surface area contributed by atoms with Crippen LogP contribution in [0.4, 0.5) is 0 Å². The summed E-state index contributed by atoms with van der Waals surface area (Å²) in [6.07, 6.45) is 3.41. The van der Waals surface area contributed by atoms with Crippen LogP contribution in [0.15, 0.2) is 48.5 Å². The molecule has 1 fully saturated rings. The van der Waals surface area contributed by atoms with E-state index in [-0.39, 0.29) is 0 Å². The van der Waals surface area contributed by atoms with Crippen LogP contribution in [0.25, 0.3) is 11.8 Å². The summed E-state index contributed by atoms with van der Waals surface area (Å²) in [6, 6.07) is 17.6. The normalized spacial score (nSPS) is 17.5. The summed E-state index contributed by atoms with van der Waals surface area (Å²) < 4.78 is 0. The molecule has 106 valence electrons. The van der Waals surface area contributed by atoms with E-state index in [0.717, 1.165) is 32.6 Å². The molecule has 0 bridgehead atoms. The number of rotatable bonds is 1. The van der Waals surface area contributed by atoms with E-state index in [1.54, 1.807) is 0 Å². The van der Waals surface area contributed by atoms with Gasteiger partial charge in [-0.1, -0.05) is 48.5 Å². The third-order valence-electron chi connectivity index (χ3n) is 4.48. The number of nitrogens with one attached hydrogen (secondary N) is 1. The lowest BCUT2D eigenvalue weighted by Gasteiger charge is -2.32. The lowest BCUT2D eigenvalue weighted by Crippen LogP contribution is -2.42. The maximum atomic E-state index is 3.44. The van der Waals surface area contributed by atoms with Crippen LogP contribution in [0, 0.1) is 0 Å². The van der Waals surface area contributed by atoms with E-state index in [4.69, 9.17) is 0 Å². The van der Waals surface area contributed by atoms with Crippen molar-refractivity contribution < 1.29 is 0 Å². The first kappa shape index (κ1) is 12.7. The van der Waals surface area contributed by atoms with Gasteiger partial charge >= 0.3 is 0 Å². The predicted octanol–water partition coefficient (Wildman–Crippen LogP) is 2.99. The molecule has 1 aliphatic heterocycles. The second-order valence-electron chi connectivity index (χ2n) is 5.80. The van der Waals surface area contributed by atoms with E-state index in [1.807, 2.05) is 0 Å². The average Bonchev–Trinajstić information content (AvgIpc) is 2.72. The van der Waals surface area contributed by atoms with Crippen molar-refractivity contribution >= 4 is 11.8 Å². The summed E-state index contributed by atoms with van der Waals surface area (Å²) >= 11 is 0. The highest BCUT2D eigenvalue weighted by Gasteiger charge is 2.20. The van der Waals surface area contributed by atoms with Crippen molar-refractivity contribution in [3.8, 4) is 0 Å². The Bertz CT molecular complexity index is 681. The van der Waals surface area contributed by atoms with Gasteiger partial charge in [0.15, 0.2) is 0 Å². The Morgan fingerprint density at radius 1 is 0.810 bits per heavy atom. The van der Waals surface area contributed by atoms with Crippen LogP contribution in [0.1, 0.15) is 22.3 Å². The van der Waals surface area contributed by atoms with E-state index >= 15 is 0 Å². The van der Waals surface area contributed by atoms with Gasteiger partial charge in [0.25, 0.3) is 0 Å². The van der Waals surface area contributed by atoms with Crippen LogP contribution in [0.3, 0.4) is 0 Å². The smallest absolute Gasteiger partial charge is 0.0449 e. The molecule has 0 unspecified atom stereocenters. The minimum atomic E-state index is 1.03. The molecule has 2 aromatic rings. The molecule has 0 atom stereocenters. The average molecular weight is 276 g/mol. The van der Waals surface area contributed by atoms with Gasteiger partial charge in [-0.2, -0.15) is 0 Å². The van der Waals surface area contributed by atoms with E-state index in [1.165, 1.54) is 28.0 Å².